The summed E-state index contributed by atoms with van der Waals surface area (Å²) < 4.78 is 11.9. The molecule has 4 nitrogen and oxygen atoms in total. The van der Waals surface area contributed by atoms with Crippen LogP contribution in [-0.2, 0) is 0 Å². The molecule has 1 saturated heterocycles. The van der Waals surface area contributed by atoms with Gasteiger partial charge in [0.2, 0.25) is 0 Å². The second-order valence-corrected chi connectivity index (χ2v) is 6.27. The molecule has 3 aromatic rings. The molecular weight excluding hydrogens is 300 g/mol. The van der Waals surface area contributed by atoms with E-state index in [9.17, 15) is 0 Å². The van der Waals surface area contributed by atoms with E-state index >= 15 is 0 Å². The van der Waals surface area contributed by atoms with Gasteiger partial charge in [0.05, 0.1) is 18.2 Å². The first kappa shape index (κ1) is 15.1. The number of benzene rings is 2. The number of fused-ring (bicyclic) bond motifs is 1. The van der Waals surface area contributed by atoms with Crippen molar-refractivity contribution in [3.8, 4) is 17.1 Å². The van der Waals surface area contributed by atoms with Gasteiger partial charge in [-0.05, 0) is 19.2 Å². The highest BCUT2D eigenvalue weighted by atomic mass is 16.5. The second kappa shape index (κ2) is 6.21. The number of likely N-dealkylation sites (N-methyl/N-ethyl adjacent to an activating group) is 1. The Morgan fingerprint density at radius 1 is 0.917 bits per heavy atom. The number of ether oxygens (including phenoxy) is 1. The van der Waals surface area contributed by atoms with Crippen molar-refractivity contribution in [1.29, 1.82) is 0 Å². The molecule has 4 heteroatoms. The van der Waals surface area contributed by atoms with Crippen molar-refractivity contribution >= 4 is 16.7 Å². The van der Waals surface area contributed by atoms with Crippen molar-refractivity contribution in [3.05, 3.63) is 48.5 Å². The minimum atomic E-state index is 0.868. The van der Waals surface area contributed by atoms with E-state index in [4.69, 9.17) is 9.15 Å². The zero-order valence-electron chi connectivity index (χ0n) is 14.2. The molecule has 0 atom stereocenters. The van der Waals surface area contributed by atoms with E-state index in [0.29, 0.717) is 0 Å². The predicted octanol–water partition coefficient (Wildman–Crippen LogP) is 3.86. The highest BCUT2D eigenvalue weighted by Gasteiger charge is 2.25. The van der Waals surface area contributed by atoms with Gasteiger partial charge >= 0.3 is 0 Å². The molecule has 2 heterocycles. The van der Waals surface area contributed by atoms with Crippen molar-refractivity contribution in [2.75, 3.05) is 45.2 Å². The van der Waals surface area contributed by atoms with Crippen molar-refractivity contribution in [2.24, 2.45) is 0 Å². The second-order valence-electron chi connectivity index (χ2n) is 6.27. The van der Waals surface area contributed by atoms with E-state index in [0.717, 1.165) is 59.9 Å². The summed E-state index contributed by atoms with van der Waals surface area (Å²) in [5.74, 6) is 1.80. The van der Waals surface area contributed by atoms with Crippen LogP contribution in [0.15, 0.2) is 52.9 Å². The lowest BCUT2D eigenvalue weighted by atomic mass is 10.1. The molecule has 1 aromatic heterocycles. The van der Waals surface area contributed by atoms with Gasteiger partial charge < -0.3 is 19.0 Å². The molecule has 0 N–H and O–H groups in total. The number of anilines is 1. The van der Waals surface area contributed by atoms with E-state index < -0.39 is 0 Å². The van der Waals surface area contributed by atoms with Gasteiger partial charge in [-0.3, -0.25) is 0 Å². The van der Waals surface area contributed by atoms with E-state index in [-0.39, 0.29) is 0 Å². The van der Waals surface area contributed by atoms with Crippen LogP contribution in [0.25, 0.3) is 22.3 Å². The van der Waals surface area contributed by atoms with Crippen molar-refractivity contribution in [1.82, 2.24) is 4.90 Å². The Hall–Kier alpha value is -2.46. The minimum absolute atomic E-state index is 0.868. The Labute approximate surface area is 142 Å². The van der Waals surface area contributed by atoms with E-state index in [1.807, 2.05) is 36.4 Å². The molecule has 1 aliphatic heterocycles. The van der Waals surface area contributed by atoms with Gasteiger partial charge in [-0.1, -0.05) is 36.4 Å². The SMILES string of the molecule is COc1cccc2oc(-c3ccccc3)c(N3CCN(C)CC3)c12. The fraction of sp³-hybridized carbons (Fsp3) is 0.300. The van der Waals surface area contributed by atoms with E-state index in [1.165, 1.54) is 0 Å². The van der Waals surface area contributed by atoms with Gasteiger partial charge in [-0.2, -0.15) is 0 Å². The van der Waals surface area contributed by atoms with Crippen LogP contribution >= 0.6 is 0 Å². The van der Waals surface area contributed by atoms with Gasteiger partial charge in [-0.25, -0.2) is 0 Å². The molecule has 0 radical (unpaired) electrons. The molecule has 4 rings (SSSR count). The Morgan fingerprint density at radius 3 is 2.38 bits per heavy atom. The maximum atomic E-state index is 6.27. The van der Waals surface area contributed by atoms with Crippen LogP contribution in [-0.4, -0.2) is 45.2 Å². The van der Waals surface area contributed by atoms with Crippen molar-refractivity contribution in [3.63, 3.8) is 0 Å². The lowest BCUT2D eigenvalue weighted by Gasteiger charge is -2.34. The van der Waals surface area contributed by atoms with Crippen LogP contribution in [0.5, 0.6) is 5.75 Å². The predicted molar refractivity (Wildman–Crippen MR) is 97.9 cm³/mol. The number of piperazine rings is 1. The summed E-state index contributed by atoms with van der Waals surface area (Å²) in [6.45, 7) is 4.08. The number of nitrogens with zero attached hydrogens (tertiary/aromatic N) is 2. The fourth-order valence-corrected chi connectivity index (χ4v) is 3.39. The summed E-state index contributed by atoms with van der Waals surface area (Å²) in [5, 5.41) is 1.07. The van der Waals surface area contributed by atoms with Gasteiger partial charge in [0.15, 0.2) is 5.76 Å². The first-order valence-corrected chi connectivity index (χ1v) is 8.36. The van der Waals surface area contributed by atoms with Crippen molar-refractivity contribution in [2.45, 2.75) is 0 Å². The summed E-state index contributed by atoms with van der Waals surface area (Å²) in [6.07, 6.45) is 0. The molecule has 0 bridgehead atoms. The number of furan rings is 1. The maximum Gasteiger partial charge on any atom is 0.158 e. The average Bonchev–Trinajstić information content (AvgIpc) is 3.03. The molecule has 2 aromatic carbocycles. The van der Waals surface area contributed by atoms with Crippen molar-refractivity contribution < 1.29 is 9.15 Å². The molecular formula is C20H22N2O2. The fourth-order valence-electron chi connectivity index (χ4n) is 3.39. The van der Waals surface area contributed by atoms with Crippen LogP contribution in [0, 0.1) is 0 Å². The smallest absolute Gasteiger partial charge is 0.158 e. The van der Waals surface area contributed by atoms with Crippen LogP contribution in [0.2, 0.25) is 0 Å². The summed E-state index contributed by atoms with van der Waals surface area (Å²) >= 11 is 0. The first-order valence-electron chi connectivity index (χ1n) is 8.36. The first-order chi connectivity index (χ1) is 11.8. The van der Waals surface area contributed by atoms with Gasteiger partial charge in [0.1, 0.15) is 11.3 Å². The molecule has 24 heavy (non-hydrogen) atoms. The molecule has 124 valence electrons. The highest BCUT2D eigenvalue weighted by Crippen LogP contribution is 2.44. The van der Waals surface area contributed by atoms with Crippen LogP contribution in [0.4, 0.5) is 5.69 Å². The summed E-state index contributed by atoms with van der Waals surface area (Å²) in [7, 11) is 3.89. The Bertz CT molecular complexity index is 833. The lowest BCUT2D eigenvalue weighted by Crippen LogP contribution is -2.44. The average molecular weight is 322 g/mol. The maximum absolute atomic E-state index is 6.27. The number of methoxy groups -OCH3 is 1. The topological polar surface area (TPSA) is 28.9 Å². The molecule has 1 aliphatic rings. The number of hydrogen-bond donors (Lipinski definition) is 0. The number of hydrogen-bond acceptors (Lipinski definition) is 4. The van der Waals surface area contributed by atoms with Crippen LogP contribution in [0.1, 0.15) is 0 Å². The summed E-state index contributed by atoms with van der Waals surface area (Å²) in [6, 6.07) is 16.3. The third-order valence-corrected chi connectivity index (χ3v) is 4.73. The molecule has 0 aliphatic carbocycles. The molecule has 1 fully saturated rings. The van der Waals surface area contributed by atoms with Gasteiger partial charge in [0.25, 0.3) is 0 Å². The lowest BCUT2D eigenvalue weighted by molar-refractivity contribution is 0.313. The Balaban J connectivity index is 1.93. The monoisotopic (exact) mass is 322 g/mol. The largest absolute Gasteiger partial charge is 0.496 e. The van der Waals surface area contributed by atoms with Crippen LogP contribution < -0.4 is 9.64 Å². The van der Waals surface area contributed by atoms with Gasteiger partial charge in [-0.15, -0.1) is 0 Å². The standard InChI is InChI=1S/C20H22N2O2/c1-21-11-13-22(14-12-21)19-18-16(23-2)9-6-10-17(18)24-20(19)15-7-4-3-5-8-15/h3-10H,11-14H2,1-2H3. The quantitative estimate of drug-likeness (QED) is 0.732. The molecule has 0 spiro atoms. The normalized spacial score (nSPS) is 15.8. The third kappa shape index (κ3) is 2.53. The third-order valence-electron chi connectivity index (χ3n) is 4.73. The summed E-state index contributed by atoms with van der Waals surface area (Å²) in [4.78, 5) is 4.79. The zero-order chi connectivity index (χ0) is 16.5. The Kier molecular flexibility index (Phi) is 3.90. The summed E-state index contributed by atoms with van der Waals surface area (Å²) in [5.41, 5.74) is 3.13. The van der Waals surface area contributed by atoms with E-state index in [1.54, 1.807) is 7.11 Å². The van der Waals surface area contributed by atoms with E-state index in [2.05, 4.69) is 29.0 Å². The highest BCUT2D eigenvalue weighted by molar-refractivity contribution is 6.03. The Morgan fingerprint density at radius 2 is 1.67 bits per heavy atom. The zero-order valence-corrected chi connectivity index (χ0v) is 14.2. The minimum Gasteiger partial charge on any atom is -0.496 e. The molecule has 0 amide bonds. The van der Waals surface area contributed by atoms with Gasteiger partial charge in [0, 0.05) is 31.7 Å². The number of rotatable bonds is 3. The molecule has 0 saturated carbocycles. The molecule has 0 unspecified atom stereocenters. The van der Waals surface area contributed by atoms with Crippen LogP contribution in [0.3, 0.4) is 0 Å².